The number of methoxy groups -OCH3 is 1. The van der Waals surface area contributed by atoms with E-state index in [1.165, 1.54) is 19.2 Å². The maximum Gasteiger partial charge on any atom is 0.274 e. The third-order valence-corrected chi connectivity index (χ3v) is 4.17. The number of ether oxygens (including phenoxy) is 1. The molecule has 7 heteroatoms. The number of amides is 2. The van der Waals surface area contributed by atoms with Gasteiger partial charge in [0, 0.05) is 10.7 Å². The van der Waals surface area contributed by atoms with Gasteiger partial charge in [-0.3, -0.25) is 9.59 Å². The summed E-state index contributed by atoms with van der Waals surface area (Å²) in [4.78, 5) is 29.2. The standard InChI is InChI=1S/C21H18ClN3O3/c1-13-6-11-19(28-2)18(12-13)25-21(27)17-5-3-4-16(24-17)20(26)23-15-9-7-14(22)8-10-15/h3-12H,1-2H3,(H,23,26)(H,25,27). The zero-order chi connectivity index (χ0) is 20.1. The molecule has 3 aromatic rings. The number of benzene rings is 2. The molecule has 0 unspecified atom stereocenters. The number of carbonyl (C=O) groups excluding carboxylic acids is 2. The molecule has 0 fully saturated rings. The predicted molar refractivity (Wildman–Crippen MR) is 109 cm³/mol. The average Bonchev–Trinajstić information content (AvgIpc) is 2.70. The summed E-state index contributed by atoms with van der Waals surface area (Å²) in [5.74, 6) is -0.328. The molecule has 0 aliphatic carbocycles. The monoisotopic (exact) mass is 395 g/mol. The van der Waals surface area contributed by atoms with Crippen molar-refractivity contribution in [2.75, 3.05) is 17.7 Å². The van der Waals surface area contributed by atoms with Crippen LogP contribution in [0.2, 0.25) is 5.02 Å². The summed E-state index contributed by atoms with van der Waals surface area (Å²) in [6, 6.07) is 16.8. The van der Waals surface area contributed by atoms with Gasteiger partial charge < -0.3 is 15.4 Å². The molecule has 0 saturated heterocycles. The second-order valence-electron chi connectivity index (χ2n) is 6.03. The van der Waals surface area contributed by atoms with E-state index in [1.807, 2.05) is 13.0 Å². The molecule has 2 N–H and O–H groups in total. The van der Waals surface area contributed by atoms with Crippen molar-refractivity contribution in [2.45, 2.75) is 6.92 Å². The Morgan fingerprint density at radius 2 is 1.57 bits per heavy atom. The number of carbonyl (C=O) groups is 2. The topological polar surface area (TPSA) is 80.3 Å². The number of rotatable bonds is 5. The molecule has 142 valence electrons. The normalized spacial score (nSPS) is 10.2. The summed E-state index contributed by atoms with van der Waals surface area (Å²) < 4.78 is 5.27. The van der Waals surface area contributed by atoms with Gasteiger partial charge in [0.05, 0.1) is 12.8 Å². The minimum absolute atomic E-state index is 0.118. The number of anilines is 2. The number of aryl methyl sites for hydroxylation is 1. The van der Waals surface area contributed by atoms with Gasteiger partial charge in [-0.15, -0.1) is 0 Å². The lowest BCUT2D eigenvalue weighted by molar-refractivity contribution is 0.101. The zero-order valence-corrected chi connectivity index (χ0v) is 16.1. The zero-order valence-electron chi connectivity index (χ0n) is 15.3. The van der Waals surface area contributed by atoms with Gasteiger partial charge in [0.2, 0.25) is 0 Å². The highest BCUT2D eigenvalue weighted by Crippen LogP contribution is 2.25. The first-order valence-electron chi connectivity index (χ1n) is 8.46. The number of nitrogens with one attached hydrogen (secondary N) is 2. The number of pyridine rings is 1. The molecular weight excluding hydrogens is 378 g/mol. The van der Waals surface area contributed by atoms with E-state index in [1.54, 1.807) is 42.5 Å². The van der Waals surface area contributed by atoms with Gasteiger partial charge in [-0.2, -0.15) is 0 Å². The molecule has 2 amide bonds. The molecule has 0 spiro atoms. The Labute approximate surface area is 167 Å². The predicted octanol–water partition coefficient (Wildman–Crippen LogP) is 4.56. The second kappa shape index (κ2) is 8.54. The average molecular weight is 396 g/mol. The Balaban J connectivity index is 1.77. The summed E-state index contributed by atoms with van der Waals surface area (Å²) in [6.45, 7) is 1.91. The first-order valence-corrected chi connectivity index (χ1v) is 8.84. The summed E-state index contributed by atoms with van der Waals surface area (Å²) >= 11 is 5.84. The number of hydrogen-bond donors (Lipinski definition) is 2. The van der Waals surface area contributed by atoms with E-state index in [9.17, 15) is 9.59 Å². The number of nitrogens with zero attached hydrogens (tertiary/aromatic N) is 1. The minimum Gasteiger partial charge on any atom is -0.495 e. The highest BCUT2D eigenvalue weighted by atomic mass is 35.5. The van der Waals surface area contributed by atoms with Crippen LogP contribution >= 0.6 is 11.6 Å². The summed E-state index contributed by atoms with van der Waals surface area (Å²) in [5, 5.41) is 6.05. The fourth-order valence-corrected chi connectivity index (χ4v) is 2.65. The third-order valence-electron chi connectivity index (χ3n) is 3.92. The maximum atomic E-state index is 12.6. The molecule has 3 rings (SSSR count). The Bertz CT molecular complexity index is 1020. The van der Waals surface area contributed by atoms with Crippen LogP contribution in [0.25, 0.3) is 0 Å². The van der Waals surface area contributed by atoms with E-state index in [4.69, 9.17) is 16.3 Å². The van der Waals surface area contributed by atoms with Crippen molar-refractivity contribution in [1.29, 1.82) is 0 Å². The Kier molecular flexibility index (Phi) is 5.91. The van der Waals surface area contributed by atoms with Crippen molar-refractivity contribution >= 4 is 34.8 Å². The quantitative estimate of drug-likeness (QED) is 0.663. The van der Waals surface area contributed by atoms with Gasteiger partial charge in [-0.05, 0) is 61.0 Å². The molecule has 6 nitrogen and oxygen atoms in total. The third kappa shape index (κ3) is 4.66. The van der Waals surface area contributed by atoms with Gasteiger partial charge in [-0.25, -0.2) is 4.98 Å². The van der Waals surface area contributed by atoms with Crippen LogP contribution in [0, 0.1) is 6.92 Å². The van der Waals surface area contributed by atoms with Crippen molar-refractivity contribution in [2.24, 2.45) is 0 Å². The lowest BCUT2D eigenvalue weighted by atomic mass is 10.2. The van der Waals surface area contributed by atoms with Crippen molar-refractivity contribution in [3.63, 3.8) is 0 Å². The molecule has 0 aliphatic rings. The largest absolute Gasteiger partial charge is 0.495 e. The van der Waals surface area contributed by atoms with Crippen LogP contribution in [-0.4, -0.2) is 23.9 Å². The number of hydrogen-bond acceptors (Lipinski definition) is 4. The first-order chi connectivity index (χ1) is 13.5. The van der Waals surface area contributed by atoms with Gasteiger partial charge in [0.1, 0.15) is 17.1 Å². The van der Waals surface area contributed by atoms with Crippen LogP contribution in [0.5, 0.6) is 5.75 Å². The minimum atomic E-state index is -0.440. The van der Waals surface area contributed by atoms with E-state index in [2.05, 4.69) is 15.6 Å². The molecule has 28 heavy (non-hydrogen) atoms. The SMILES string of the molecule is COc1ccc(C)cc1NC(=O)c1cccc(C(=O)Nc2ccc(Cl)cc2)n1. The van der Waals surface area contributed by atoms with Crippen LogP contribution in [-0.2, 0) is 0 Å². The van der Waals surface area contributed by atoms with Gasteiger partial charge in [0.25, 0.3) is 11.8 Å². The fraction of sp³-hybridized carbons (Fsp3) is 0.0952. The highest BCUT2D eigenvalue weighted by molar-refractivity contribution is 6.30. The van der Waals surface area contributed by atoms with E-state index in [0.29, 0.717) is 22.1 Å². The summed E-state index contributed by atoms with van der Waals surface area (Å²) in [5.41, 5.74) is 2.33. The molecule has 0 radical (unpaired) electrons. The molecular formula is C21H18ClN3O3. The summed E-state index contributed by atoms with van der Waals surface area (Å²) in [7, 11) is 1.53. The molecule has 1 aromatic heterocycles. The molecule has 1 heterocycles. The van der Waals surface area contributed by atoms with E-state index >= 15 is 0 Å². The molecule has 0 aliphatic heterocycles. The molecule has 0 bridgehead atoms. The van der Waals surface area contributed by atoms with E-state index < -0.39 is 11.8 Å². The van der Waals surface area contributed by atoms with Crippen LogP contribution in [0.3, 0.4) is 0 Å². The Hall–Kier alpha value is -3.38. The van der Waals surface area contributed by atoms with E-state index in [0.717, 1.165) is 5.56 Å². The number of halogens is 1. The van der Waals surface area contributed by atoms with Gasteiger partial charge >= 0.3 is 0 Å². The second-order valence-corrected chi connectivity index (χ2v) is 6.46. The van der Waals surface area contributed by atoms with Crippen molar-refractivity contribution in [3.8, 4) is 5.75 Å². The maximum absolute atomic E-state index is 12.6. The van der Waals surface area contributed by atoms with Crippen LogP contribution < -0.4 is 15.4 Å². The first kappa shape index (κ1) is 19.4. The Morgan fingerprint density at radius 3 is 2.21 bits per heavy atom. The van der Waals surface area contributed by atoms with Crippen LogP contribution in [0.4, 0.5) is 11.4 Å². The van der Waals surface area contributed by atoms with E-state index in [-0.39, 0.29) is 11.4 Å². The van der Waals surface area contributed by atoms with Crippen LogP contribution in [0.15, 0.2) is 60.7 Å². The lowest BCUT2D eigenvalue weighted by Crippen LogP contribution is -2.18. The molecule has 2 aromatic carbocycles. The van der Waals surface area contributed by atoms with Gasteiger partial charge in [0.15, 0.2) is 0 Å². The van der Waals surface area contributed by atoms with Crippen LogP contribution in [0.1, 0.15) is 26.5 Å². The van der Waals surface area contributed by atoms with Crippen molar-refractivity contribution in [3.05, 3.63) is 82.6 Å². The smallest absolute Gasteiger partial charge is 0.274 e. The fourth-order valence-electron chi connectivity index (χ4n) is 2.52. The summed E-state index contributed by atoms with van der Waals surface area (Å²) in [6.07, 6.45) is 0. The highest BCUT2D eigenvalue weighted by Gasteiger charge is 2.14. The van der Waals surface area contributed by atoms with Crippen molar-refractivity contribution < 1.29 is 14.3 Å². The Morgan fingerprint density at radius 1 is 0.929 bits per heavy atom. The lowest BCUT2D eigenvalue weighted by Gasteiger charge is -2.11. The number of aromatic nitrogens is 1. The molecule has 0 saturated carbocycles. The van der Waals surface area contributed by atoms with Gasteiger partial charge in [-0.1, -0.05) is 23.7 Å². The molecule has 0 atom stereocenters. The van der Waals surface area contributed by atoms with Crippen molar-refractivity contribution in [1.82, 2.24) is 4.98 Å².